The lowest BCUT2D eigenvalue weighted by atomic mass is 10.0. The van der Waals surface area contributed by atoms with E-state index in [1.54, 1.807) is 0 Å². The van der Waals surface area contributed by atoms with Crippen LogP contribution in [0.25, 0.3) is 0 Å². The summed E-state index contributed by atoms with van der Waals surface area (Å²) in [6, 6.07) is 8.96. The third-order valence-electron chi connectivity index (χ3n) is 3.63. The summed E-state index contributed by atoms with van der Waals surface area (Å²) in [4.78, 5) is 26.2. The van der Waals surface area contributed by atoms with Gasteiger partial charge < -0.3 is 9.47 Å². The molecule has 2 rings (SSSR count). The van der Waals surface area contributed by atoms with Crippen LogP contribution < -0.4 is 0 Å². The smallest absolute Gasteiger partial charge is 0.411 e. The number of benzene rings is 1. The largest absolute Gasteiger partial charge is 0.459 e. The predicted octanol–water partition coefficient (Wildman–Crippen LogP) is 3.52. The monoisotopic (exact) mass is 319 g/mol. The molecule has 0 aromatic heterocycles. The third kappa shape index (κ3) is 5.27. The summed E-state index contributed by atoms with van der Waals surface area (Å²) >= 11 is 0. The summed E-state index contributed by atoms with van der Waals surface area (Å²) in [5, 5.41) is 0. The average Bonchev–Trinajstić information content (AvgIpc) is 2.52. The van der Waals surface area contributed by atoms with Gasteiger partial charge in [0.05, 0.1) is 0 Å². The lowest BCUT2D eigenvalue weighted by Crippen LogP contribution is -2.50. The molecule has 0 N–H and O–H groups in total. The van der Waals surface area contributed by atoms with E-state index in [9.17, 15) is 9.59 Å². The van der Waals surface area contributed by atoms with E-state index >= 15 is 0 Å². The molecule has 0 radical (unpaired) electrons. The zero-order valence-corrected chi connectivity index (χ0v) is 14.1. The summed E-state index contributed by atoms with van der Waals surface area (Å²) in [6.45, 7) is 6.20. The van der Waals surface area contributed by atoms with Crippen molar-refractivity contribution in [2.75, 3.05) is 6.54 Å². The number of carbonyl (C=O) groups excluding carboxylic acids is 2. The van der Waals surface area contributed by atoms with Crippen molar-refractivity contribution in [1.29, 1.82) is 0 Å². The van der Waals surface area contributed by atoms with E-state index in [2.05, 4.69) is 0 Å². The number of hydrogen-bond donors (Lipinski definition) is 0. The molecule has 126 valence electrons. The number of rotatable bonds is 3. The number of piperidine rings is 1. The number of amides is 1. The van der Waals surface area contributed by atoms with E-state index in [-0.39, 0.29) is 12.6 Å². The highest BCUT2D eigenvalue weighted by molar-refractivity contribution is 5.81. The molecule has 0 saturated carbocycles. The molecule has 5 nitrogen and oxygen atoms in total. The Labute approximate surface area is 137 Å². The van der Waals surface area contributed by atoms with Crippen molar-refractivity contribution in [3.63, 3.8) is 0 Å². The molecule has 1 aromatic carbocycles. The van der Waals surface area contributed by atoms with Crippen LogP contribution in [0.3, 0.4) is 0 Å². The second kappa shape index (κ2) is 7.49. The van der Waals surface area contributed by atoms with Crippen molar-refractivity contribution in [3.8, 4) is 0 Å². The van der Waals surface area contributed by atoms with Gasteiger partial charge in [0.15, 0.2) is 0 Å². The van der Waals surface area contributed by atoms with Gasteiger partial charge in [0.25, 0.3) is 0 Å². The number of hydrogen-bond acceptors (Lipinski definition) is 4. The van der Waals surface area contributed by atoms with Crippen LogP contribution in [0.1, 0.15) is 45.6 Å². The highest BCUT2D eigenvalue weighted by Gasteiger charge is 2.35. The molecule has 0 aliphatic carbocycles. The Kier molecular flexibility index (Phi) is 5.64. The van der Waals surface area contributed by atoms with Gasteiger partial charge in [-0.3, -0.25) is 4.90 Å². The molecule has 23 heavy (non-hydrogen) atoms. The Morgan fingerprint density at radius 1 is 1.17 bits per heavy atom. The van der Waals surface area contributed by atoms with Gasteiger partial charge in [-0.25, -0.2) is 9.59 Å². The zero-order valence-electron chi connectivity index (χ0n) is 14.1. The fourth-order valence-electron chi connectivity index (χ4n) is 2.54. The van der Waals surface area contributed by atoms with Gasteiger partial charge in [-0.1, -0.05) is 30.3 Å². The molecule has 1 saturated heterocycles. The van der Waals surface area contributed by atoms with E-state index in [1.165, 1.54) is 4.90 Å². The Hall–Kier alpha value is -2.04. The Bertz CT molecular complexity index is 536. The number of esters is 1. The zero-order chi connectivity index (χ0) is 16.9. The van der Waals surface area contributed by atoms with Gasteiger partial charge >= 0.3 is 12.1 Å². The minimum absolute atomic E-state index is 0.221. The van der Waals surface area contributed by atoms with Crippen LogP contribution in [0.2, 0.25) is 0 Å². The fourth-order valence-corrected chi connectivity index (χ4v) is 2.54. The van der Waals surface area contributed by atoms with Gasteiger partial charge in [-0.2, -0.15) is 0 Å². The molecular weight excluding hydrogens is 294 g/mol. The lowest BCUT2D eigenvalue weighted by molar-refractivity contribution is -0.152. The minimum atomic E-state index is -0.576. The van der Waals surface area contributed by atoms with Crippen LogP contribution in [0, 0.1) is 0 Å². The molecule has 0 unspecified atom stereocenters. The van der Waals surface area contributed by atoms with Gasteiger partial charge in [0.2, 0.25) is 0 Å². The molecule has 5 heteroatoms. The maximum Gasteiger partial charge on any atom is 0.411 e. The van der Waals surface area contributed by atoms with Crippen molar-refractivity contribution in [2.45, 2.75) is 58.3 Å². The molecule has 0 spiro atoms. The number of carbonyl (C=O) groups is 2. The number of nitrogens with zero attached hydrogens (tertiary/aromatic N) is 1. The molecule has 1 atom stereocenters. The van der Waals surface area contributed by atoms with Crippen molar-refractivity contribution in [2.24, 2.45) is 0 Å². The summed E-state index contributed by atoms with van der Waals surface area (Å²) in [5.74, 6) is -0.362. The summed E-state index contributed by atoms with van der Waals surface area (Å²) in [7, 11) is 0. The van der Waals surface area contributed by atoms with Crippen LogP contribution in [0.4, 0.5) is 4.79 Å². The summed E-state index contributed by atoms with van der Waals surface area (Å²) in [6.07, 6.45) is 1.96. The first-order valence-corrected chi connectivity index (χ1v) is 8.07. The molecule has 0 bridgehead atoms. The summed E-state index contributed by atoms with van der Waals surface area (Å²) < 4.78 is 10.8. The van der Waals surface area contributed by atoms with E-state index < -0.39 is 17.7 Å². The van der Waals surface area contributed by atoms with Crippen molar-refractivity contribution in [1.82, 2.24) is 4.90 Å². The van der Waals surface area contributed by atoms with Crippen LogP contribution in [0.15, 0.2) is 30.3 Å². The maximum atomic E-state index is 12.4. The Balaban J connectivity index is 1.97. The van der Waals surface area contributed by atoms with Crippen LogP contribution >= 0.6 is 0 Å². The van der Waals surface area contributed by atoms with Gasteiger partial charge in [-0.05, 0) is 45.6 Å². The average molecular weight is 319 g/mol. The quantitative estimate of drug-likeness (QED) is 0.800. The molecule has 1 aliphatic rings. The maximum absolute atomic E-state index is 12.4. The molecule has 1 heterocycles. The normalized spacial score (nSPS) is 18.4. The lowest BCUT2D eigenvalue weighted by Gasteiger charge is -2.35. The molecule has 1 aromatic rings. The molecular formula is C18H25NO4. The van der Waals surface area contributed by atoms with Crippen molar-refractivity contribution in [3.05, 3.63) is 35.9 Å². The summed E-state index contributed by atoms with van der Waals surface area (Å²) in [5.41, 5.74) is 0.355. The standard InChI is InChI=1S/C18H25NO4/c1-18(2,3)23-17(21)19-12-8-7-11-15(19)16(20)22-13-14-9-5-4-6-10-14/h4-6,9-10,15H,7-8,11-13H2,1-3H3/t15-/m1/s1. The van der Waals surface area contributed by atoms with Gasteiger partial charge in [0.1, 0.15) is 18.2 Å². The van der Waals surface area contributed by atoms with Gasteiger partial charge in [0, 0.05) is 6.54 Å². The van der Waals surface area contributed by atoms with Crippen molar-refractivity contribution < 1.29 is 19.1 Å². The number of likely N-dealkylation sites (tertiary alicyclic amines) is 1. The first-order valence-electron chi connectivity index (χ1n) is 8.07. The highest BCUT2D eigenvalue weighted by Crippen LogP contribution is 2.21. The van der Waals surface area contributed by atoms with Crippen molar-refractivity contribution >= 4 is 12.1 Å². The first kappa shape index (κ1) is 17.3. The molecule has 1 fully saturated rings. The fraction of sp³-hybridized carbons (Fsp3) is 0.556. The van der Waals surface area contributed by atoms with Crippen LogP contribution in [-0.2, 0) is 20.9 Å². The number of ether oxygens (including phenoxy) is 2. The van der Waals surface area contributed by atoms with E-state index in [4.69, 9.17) is 9.47 Å². The minimum Gasteiger partial charge on any atom is -0.459 e. The SMILES string of the molecule is CC(C)(C)OC(=O)N1CCCC[C@@H]1C(=O)OCc1ccccc1. The van der Waals surface area contributed by atoms with E-state index in [0.717, 1.165) is 18.4 Å². The highest BCUT2D eigenvalue weighted by atomic mass is 16.6. The van der Waals surface area contributed by atoms with Crippen LogP contribution in [0.5, 0.6) is 0 Å². The second-order valence-electron chi connectivity index (χ2n) is 6.78. The van der Waals surface area contributed by atoms with Crippen LogP contribution in [-0.4, -0.2) is 35.2 Å². The van der Waals surface area contributed by atoms with E-state index in [0.29, 0.717) is 13.0 Å². The Morgan fingerprint density at radius 2 is 1.87 bits per heavy atom. The predicted molar refractivity (Wildman–Crippen MR) is 86.8 cm³/mol. The molecule has 1 amide bonds. The topological polar surface area (TPSA) is 55.8 Å². The second-order valence-corrected chi connectivity index (χ2v) is 6.78. The van der Waals surface area contributed by atoms with Gasteiger partial charge in [-0.15, -0.1) is 0 Å². The Morgan fingerprint density at radius 3 is 2.52 bits per heavy atom. The first-order chi connectivity index (χ1) is 10.9. The van der Waals surface area contributed by atoms with E-state index in [1.807, 2.05) is 51.1 Å². The third-order valence-corrected chi connectivity index (χ3v) is 3.63. The molecule has 1 aliphatic heterocycles.